The third kappa shape index (κ3) is 4.92. The van der Waals surface area contributed by atoms with Gasteiger partial charge in [0.2, 0.25) is 0 Å². The summed E-state index contributed by atoms with van der Waals surface area (Å²) in [5.41, 5.74) is 0. The minimum atomic E-state index is 0.623. The van der Waals surface area contributed by atoms with Gasteiger partial charge in [0.05, 0.1) is 13.2 Å². The molecule has 4 nitrogen and oxygen atoms in total. The average Bonchev–Trinajstić information content (AvgIpc) is 2.39. The van der Waals surface area contributed by atoms with Crippen molar-refractivity contribution >= 4 is 0 Å². The topological polar surface area (TPSA) is 33.7 Å². The van der Waals surface area contributed by atoms with E-state index in [-0.39, 0.29) is 0 Å². The molecule has 1 N–H and O–H groups in total. The molecular weight excluding hydrogens is 216 g/mol. The molecule has 0 heterocycles. The third-order valence-electron chi connectivity index (χ3n) is 3.73. The summed E-state index contributed by atoms with van der Waals surface area (Å²) in [6.07, 6.45) is 5.28. The lowest BCUT2D eigenvalue weighted by Gasteiger charge is -2.39. The van der Waals surface area contributed by atoms with Crippen molar-refractivity contribution in [2.45, 2.75) is 37.8 Å². The largest absolute Gasteiger partial charge is 0.383 e. The Labute approximate surface area is 106 Å². The molecular formula is C13H28N2O2. The average molecular weight is 244 g/mol. The van der Waals surface area contributed by atoms with Crippen LogP contribution in [0.5, 0.6) is 0 Å². The van der Waals surface area contributed by atoms with Crippen LogP contribution in [-0.4, -0.2) is 64.6 Å². The van der Waals surface area contributed by atoms with Gasteiger partial charge in [-0.15, -0.1) is 0 Å². The van der Waals surface area contributed by atoms with Gasteiger partial charge in [-0.25, -0.2) is 0 Å². The summed E-state index contributed by atoms with van der Waals surface area (Å²) < 4.78 is 10.4. The zero-order chi connectivity index (χ0) is 12.5. The predicted octanol–water partition coefficient (Wildman–Crippen LogP) is 1.11. The molecule has 1 aliphatic rings. The first-order valence-electron chi connectivity index (χ1n) is 6.72. The van der Waals surface area contributed by atoms with Crippen LogP contribution in [0, 0.1) is 0 Å². The second-order valence-corrected chi connectivity index (χ2v) is 4.77. The fraction of sp³-hybridized carbons (Fsp3) is 1.00. The number of nitrogens with zero attached hydrogens (tertiary/aromatic N) is 1. The summed E-state index contributed by atoms with van der Waals surface area (Å²) in [6, 6.07) is 1.26. The van der Waals surface area contributed by atoms with Crippen LogP contribution in [0.1, 0.15) is 25.7 Å². The van der Waals surface area contributed by atoms with E-state index < -0.39 is 0 Å². The third-order valence-corrected chi connectivity index (χ3v) is 3.73. The van der Waals surface area contributed by atoms with Crippen molar-refractivity contribution in [2.75, 3.05) is 47.6 Å². The van der Waals surface area contributed by atoms with Crippen molar-refractivity contribution in [3.63, 3.8) is 0 Å². The van der Waals surface area contributed by atoms with Gasteiger partial charge in [-0.1, -0.05) is 12.8 Å². The van der Waals surface area contributed by atoms with Crippen LogP contribution in [0.3, 0.4) is 0 Å². The number of hydrogen-bond acceptors (Lipinski definition) is 4. The van der Waals surface area contributed by atoms with E-state index in [1.54, 1.807) is 14.2 Å². The minimum Gasteiger partial charge on any atom is -0.383 e. The summed E-state index contributed by atoms with van der Waals surface area (Å²) in [5.74, 6) is 0. The molecule has 102 valence electrons. The highest BCUT2D eigenvalue weighted by molar-refractivity contribution is 4.87. The molecule has 1 aliphatic carbocycles. The lowest BCUT2D eigenvalue weighted by Crippen LogP contribution is -2.52. The van der Waals surface area contributed by atoms with Crippen molar-refractivity contribution in [2.24, 2.45) is 0 Å². The highest BCUT2D eigenvalue weighted by Crippen LogP contribution is 2.22. The van der Waals surface area contributed by atoms with E-state index >= 15 is 0 Å². The normalized spacial score (nSPS) is 25.4. The molecule has 1 saturated carbocycles. The van der Waals surface area contributed by atoms with Crippen molar-refractivity contribution in [1.82, 2.24) is 10.2 Å². The molecule has 0 aromatic heterocycles. The van der Waals surface area contributed by atoms with Crippen LogP contribution in [0.2, 0.25) is 0 Å². The number of ether oxygens (including phenoxy) is 2. The standard InChI is InChI=1S/C13H28N2O2/c1-14-12-6-4-5-7-13(12)15(8-10-16-2)9-11-17-3/h12-14H,4-11H2,1-3H3. The van der Waals surface area contributed by atoms with E-state index in [0.29, 0.717) is 12.1 Å². The second-order valence-electron chi connectivity index (χ2n) is 4.77. The van der Waals surface area contributed by atoms with E-state index in [9.17, 15) is 0 Å². The lowest BCUT2D eigenvalue weighted by atomic mass is 9.89. The molecule has 2 atom stereocenters. The fourth-order valence-electron chi connectivity index (χ4n) is 2.75. The molecule has 0 spiro atoms. The van der Waals surface area contributed by atoms with Gasteiger partial charge >= 0.3 is 0 Å². The Bertz CT molecular complexity index is 182. The Morgan fingerprint density at radius 1 is 1.06 bits per heavy atom. The molecule has 0 aromatic rings. The second kappa shape index (κ2) is 8.86. The first-order chi connectivity index (χ1) is 8.33. The summed E-state index contributed by atoms with van der Waals surface area (Å²) >= 11 is 0. The van der Waals surface area contributed by atoms with E-state index in [0.717, 1.165) is 26.3 Å². The maximum absolute atomic E-state index is 5.21. The monoisotopic (exact) mass is 244 g/mol. The SMILES string of the molecule is CNC1CCCCC1N(CCOC)CCOC. The quantitative estimate of drug-likeness (QED) is 0.693. The van der Waals surface area contributed by atoms with E-state index in [2.05, 4.69) is 17.3 Å². The molecule has 17 heavy (non-hydrogen) atoms. The summed E-state index contributed by atoms with van der Waals surface area (Å²) in [4.78, 5) is 2.52. The van der Waals surface area contributed by atoms with Crippen molar-refractivity contribution in [1.29, 1.82) is 0 Å². The fourth-order valence-corrected chi connectivity index (χ4v) is 2.75. The van der Waals surface area contributed by atoms with Crippen LogP contribution in [-0.2, 0) is 9.47 Å². The number of methoxy groups -OCH3 is 2. The Morgan fingerprint density at radius 2 is 1.65 bits per heavy atom. The van der Waals surface area contributed by atoms with Crippen molar-refractivity contribution < 1.29 is 9.47 Å². The first-order valence-corrected chi connectivity index (χ1v) is 6.72. The number of likely N-dealkylation sites (N-methyl/N-ethyl adjacent to an activating group) is 1. The number of hydrogen-bond donors (Lipinski definition) is 1. The summed E-state index contributed by atoms with van der Waals surface area (Å²) in [7, 11) is 5.61. The van der Waals surface area contributed by atoms with Crippen LogP contribution in [0.25, 0.3) is 0 Å². The van der Waals surface area contributed by atoms with Gasteiger partial charge in [0.15, 0.2) is 0 Å². The zero-order valence-electron chi connectivity index (χ0n) is 11.6. The molecule has 0 bridgehead atoms. The first kappa shape index (κ1) is 14.9. The molecule has 0 saturated heterocycles. The van der Waals surface area contributed by atoms with E-state index in [1.165, 1.54) is 25.7 Å². The van der Waals surface area contributed by atoms with E-state index in [4.69, 9.17) is 9.47 Å². The molecule has 1 rings (SSSR count). The van der Waals surface area contributed by atoms with Crippen LogP contribution < -0.4 is 5.32 Å². The zero-order valence-corrected chi connectivity index (χ0v) is 11.6. The van der Waals surface area contributed by atoms with E-state index in [1.807, 2.05) is 0 Å². The Morgan fingerprint density at radius 3 is 2.18 bits per heavy atom. The van der Waals surface area contributed by atoms with Gasteiger partial charge in [-0.2, -0.15) is 0 Å². The van der Waals surface area contributed by atoms with Crippen molar-refractivity contribution in [3.8, 4) is 0 Å². The lowest BCUT2D eigenvalue weighted by molar-refractivity contribution is 0.0607. The Kier molecular flexibility index (Phi) is 7.77. The van der Waals surface area contributed by atoms with Gasteiger partial charge < -0.3 is 14.8 Å². The smallest absolute Gasteiger partial charge is 0.0589 e. The molecule has 0 amide bonds. The molecule has 0 aromatic carbocycles. The highest BCUT2D eigenvalue weighted by atomic mass is 16.5. The molecule has 0 radical (unpaired) electrons. The molecule has 0 aliphatic heterocycles. The highest BCUT2D eigenvalue weighted by Gasteiger charge is 2.28. The number of rotatable bonds is 8. The van der Waals surface area contributed by atoms with Gasteiger partial charge in [0, 0.05) is 39.4 Å². The van der Waals surface area contributed by atoms with Gasteiger partial charge in [-0.3, -0.25) is 4.90 Å². The predicted molar refractivity (Wildman–Crippen MR) is 70.4 cm³/mol. The molecule has 2 unspecified atom stereocenters. The van der Waals surface area contributed by atoms with Crippen molar-refractivity contribution in [3.05, 3.63) is 0 Å². The van der Waals surface area contributed by atoms with Crippen LogP contribution in [0.15, 0.2) is 0 Å². The maximum Gasteiger partial charge on any atom is 0.0589 e. The number of nitrogens with one attached hydrogen (secondary N) is 1. The Hall–Kier alpha value is -0.160. The van der Waals surface area contributed by atoms with Crippen LogP contribution in [0.4, 0.5) is 0 Å². The minimum absolute atomic E-state index is 0.623. The van der Waals surface area contributed by atoms with Gasteiger partial charge in [-0.05, 0) is 19.9 Å². The molecule has 1 fully saturated rings. The van der Waals surface area contributed by atoms with Gasteiger partial charge in [0.1, 0.15) is 0 Å². The Balaban J connectivity index is 2.51. The van der Waals surface area contributed by atoms with Crippen LogP contribution >= 0.6 is 0 Å². The summed E-state index contributed by atoms with van der Waals surface area (Å²) in [6.45, 7) is 3.61. The van der Waals surface area contributed by atoms with Gasteiger partial charge in [0.25, 0.3) is 0 Å². The summed E-state index contributed by atoms with van der Waals surface area (Å²) in [5, 5.41) is 3.46. The maximum atomic E-state index is 5.21. The molecule has 4 heteroatoms.